The number of rotatable bonds is 6. The van der Waals surface area contributed by atoms with Gasteiger partial charge in [0.1, 0.15) is 11.2 Å². The monoisotopic (exact) mass is 749 g/mol. The third-order valence-electron chi connectivity index (χ3n) is 10.7. The van der Waals surface area contributed by atoms with Crippen LogP contribution in [0.2, 0.25) is 0 Å². The van der Waals surface area contributed by atoms with E-state index in [1.54, 1.807) is 48.5 Å². The predicted octanol–water partition coefficient (Wildman–Crippen LogP) is 12.9. The van der Waals surface area contributed by atoms with Gasteiger partial charge in [-0.2, -0.15) is 26.3 Å². The van der Waals surface area contributed by atoms with E-state index in [1.165, 1.54) is 0 Å². The highest BCUT2D eigenvalue weighted by atomic mass is 16.3. The largest absolute Gasteiger partial charge is 0.455 e. The van der Waals surface area contributed by atoms with Crippen LogP contribution < -0.4 is 0 Å². The minimum Gasteiger partial charge on any atom is -0.455 e. The molecule has 0 aliphatic carbocycles. The summed E-state index contributed by atoms with van der Waals surface area (Å²) in [6.45, 7) is 0. The zero-order chi connectivity index (χ0) is 40.5. The Labute approximate surface area is 340 Å². The third-order valence-corrected chi connectivity index (χ3v) is 10.7. The first-order chi connectivity index (χ1) is 29.1. The SMILES string of the molecule is N#Cc1ccc(-c2c(-c3ccccc3C#N)c(-c3ccccc3C#N)c(-c3ccccc3C#N)c(-c3ccccc3C#N)c2-c2cccc3c2oc2ccccc23)cc1. The standard InChI is InChI=1S/C53H27N5O/c54-28-33-24-26-34(27-25-33)47-48(39-16-5-1-12-35(39)29-55)49(40-17-6-2-13-36(40)30-56)50(41-18-7-3-14-37(41)31-57)51(42-19-8-4-15-38(42)32-58)52(47)45-22-11-21-44-43-20-9-10-23-46(43)59-53(44)45/h1-27H. The number of para-hydroxylation sites is 2. The molecule has 270 valence electrons. The number of fused-ring (bicyclic) bond motifs is 3. The van der Waals surface area contributed by atoms with Gasteiger partial charge < -0.3 is 4.42 Å². The van der Waals surface area contributed by atoms with E-state index in [0.717, 1.165) is 10.8 Å². The van der Waals surface area contributed by atoms with Gasteiger partial charge >= 0.3 is 0 Å². The van der Waals surface area contributed by atoms with Gasteiger partial charge in [-0.3, -0.25) is 0 Å². The fourth-order valence-corrected chi connectivity index (χ4v) is 8.24. The smallest absolute Gasteiger partial charge is 0.143 e. The molecule has 0 N–H and O–H groups in total. The lowest BCUT2D eigenvalue weighted by Gasteiger charge is -2.29. The summed E-state index contributed by atoms with van der Waals surface area (Å²) < 4.78 is 6.79. The van der Waals surface area contributed by atoms with Gasteiger partial charge in [0.25, 0.3) is 0 Å². The summed E-state index contributed by atoms with van der Waals surface area (Å²) >= 11 is 0. The maximum Gasteiger partial charge on any atom is 0.143 e. The minimum absolute atomic E-state index is 0.372. The molecule has 0 saturated carbocycles. The van der Waals surface area contributed by atoms with Crippen LogP contribution in [-0.2, 0) is 0 Å². The van der Waals surface area contributed by atoms with Crippen molar-refractivity contribution in [2.45, 2.75) is 0 Å². The van der Waals surface area contributed by atoms with Crippen molar-refractivity contribution in [3.05, 3.63) is 192 Å². The molecule has 6 heteroatoms. The van der Waals surface area contributed by atoms with E-state index in [-0.39, 0.29) is 0 Å². The third kappa shape index (κ3) is 5.85. The molecule has 59 heavy (non-hydrogen) atoms. The summed E-state index contributed by atoms with van der Waals surface area (Å²) in [5.74, 6) is 0. The molecule has 9 aromatic rings. The van der Waals surface area contributed by atoms with Crippen LogP contribution in [0.4, 0.5) is 0 Å². The lowest BCUT2D eigenvalue weighted by atomic mass is 9.72. The normalized spacial score (nSPS) is 10.6. The predicted molar refractivity (Wildman–Crippen MR) is 230 cm³/mol. The summed E-state index contributed by atoms with van der Waals surface area (Å²) in [6, 6.07) is 62.4. The molecule has 0 aliphatic heterocycles. The van der Waals surface area contributed by atoms with Gasteiger partial charge in [-0.25, -0.2) is 0 Å². The second-order valence-electron chi connectivity index (χ2n) is 13.8. The Morgan fingerprint density at radius 2 is 0.678 bits per heavy atom. The van der Waals surface area contributed by atoms with Crippen molar-refractivity contribution in [3.63, 3.8) is 0 Å². The molecule has 0 saturated heterocycles. The molecular weight excluding hydrogens is 723 g/mol. The van der Waals surface area contributed by atoms with Gasteiger partial charge in [0.2, 0.25) is 0 Å². The Morgan fingerprint density at radius 3 is 1.14 bits per heavy atom. The summed E-state index contributed by atoms with van der Waals surface area (Å²) in [5.41, 5.74) is 10.8. The Kier molecular flexibility index (Phi) is 9.03. The van der Waals surface area contributed by atoms with Crippen LogP contribution >= 0.6 is 0 Å². The highest BCUT2D eigenvalue weighted by Crippen LogP contribution is 2.58. The van der Waals surface area contributed by atoms with Crippen molar-refractivity contribution in [2.24, 2.45) is 0 Å². The molecule has 0 fully saturated rings. The number of hydrogen-bond donors (Lipinski definition) is 0. The molecule has 1 aromatic heterocycles. The number of nitriles is 5. The molecule has 0 aliphatic rings. The zero-order valence-corrected chi connectivity index (χ0v) is 31.2. The highest BCUT2D eigenvalue weighted by Gasteiger charge is 2.33. The van der Waals surface area contributed by atoms with E-state index < -0.39 is 0 Å². The first kappa shape index (κ1) is 35.7. The van der Waals surface area contributed by atoms with Crippen molar-refractivity contribution in [1.82, 2.24) is 0 Å². The van der Waals surface area contributed by atoms with Gasteiger partial charge in [-0.15, -0.1) is 0 Å². The lowest BCUT2D eigenvalue weighted by molar-refractivity contribution is 0.670. The number of hydrogen-bond acceptors (Lipinski definition) is 6. The van der Waals surface area contributed by atoms with E-state index >= 15 is 0 Å². The summed E-state index contributed by atoms with van der Waals surface area (Å²) in [6.07, 6.45) is 0. The molecule has 0 unspecified atom stereocenters. The first-order valence-corrected chi connectivity index (χ1v) is 18.7. The first-order valence-electron chi connectivity index (χ1n) is 18.7. The molecule has 1 heterocycles. The number of nitrogens with zero attached hydrogens (tertiary/aromatic N) is 5. The van der Waals surface area contributed by atoms with Crippen molar-refractivity contribution in [1.29, 1.82) is 26.3 Å². The van der Waals surface area contributed by atoms with Crippen molar-refractivity contribution in [2.75, 3.05) is 0 Å². The van der Waals surface area contributed by atoms with Gasteiger partial charge in [-0.05, 0) is 59.2 Å². The fourth-order valence-electron chi connectivity index (χ4n) is 8.24. The second-order valence-corrected chi connectivity index (χ2v) is 13.8. The molecular formula is C53H27N5O. The van der Waals surface area contributed by atoms with E-state index in [0.29, 0.717) is 106 Å². The topological polar surface area (TPSA) is 132 Å². The summed E-state index contributed by atoms with van der Waals surface area (Å²) in [7, 11) is 0. The van der Waals surface area contributed by atoms with Gasteiger partial charge in [0.15, 0.2) is 0 Å². The van der Waals surface area contributed by atoms with Crippen molar-refractivity contribution >= 4 is 21.9 Å². The molecule has 0 amide bonds. The van der Waals surface area contributed by atoms with Crippen LogP contribution in [0.1, 0.15) is 27.8 Å². The average Bonchev–Trinajstić information content (AvgIpc) is 3.70. The van der Waals surface area contributed by atoms with Gasteiger partial charge in [0.05, 0.1) is 58.2 Å². The van der Waals surface area contributed by atoms with E-state index in [4.69, 9.17) is 4.42 Å². The van der Waals surface area contributed by atoms with Crippen LogP contribution in [0.3, 0.4) is 0 Å². The zero-order valence-electron chi connectivity index (χ0n) is 31.2. The van der Waals surface area contributed by atoms with Crippen LogP contribution in [-0.4, -0.2) is 0 Å². The molecule has 8 aromatic carbocycles. The van der Waals surface area contributed by atoms with Crippen LogP contribution in [0.25, 0.3) is 88.7 Å². The number of benzene rings is 8. The van der Waals surface area contributed by atoms with Gasteiger partial charge in [0, 0.05) is 60.8 Å². The van der Waals surface area contributed by atoms with Crippen LogP contribution in [0.5, 0.6) is 0 Å². The van der Waals surface area contributed by atoms with Crippen LogP contribution in [0.15, 0.2) is 168 Å². The second kappa shape index (κ2) is 14.9. The molecule has 0 spiro atoms. The minimum atomic E-state index is 0.372. The molecule has 6 nitrogen and oxygen atoms in total. The number of furan rings is 1. The molecule has 0 radical (unpaired) electrons. The Morgan fingerprint density at radius 1 is 0.305 bits per heavy atom. The van der Waals surface area contributed by atoms with Gasteiger partial charge in [-0.1, -0.05) is 121 Å². The molecule has 9 rings (SSSR count). The Bertz CT molecular complexity index is 3390. The maximum absolute atomic E-state index is 10.9. The Hall–Kier alpha value is -8.99. The van der Waals surface area contributed by atoms with Crippen molar-refractivity contribution in [3.8, 4) is 97.1 Å². The average molecular weight is 750 g/mol. The van der Waals surface area contributed by atoms with E-state index in [9.17, 15) is 26.3 Å². The Balaban J connectivity index is 1.69. The maximum atomic E-state index is 10.9. The summed E-state index contributed by atoms with van der Waals surface area (Å²) in [5, 5.41) is 55.0. The van der Waals surface area contributed by atoms with Crippen LogP contribution in [0, 0.1) is 56.7 Å². The highest BCUT2D eigenvalue weighted by molar-refractivity contribution is 6.20. The molecule has 0 atom stereocenters. The van der Waals surface area contributed by atoms with E-state index in [2.05, 4.69) is 30.3 Å². The van der Waals surface area contributed by atoms with E-state index in [1.807, 2.05) is 115 Å². The quantitative estimate of drug-likeness (QED) is 0.166. The lowest BCUT2D eigenvalue weighted by Crippen LogP contribution is -2.05. The summed E-state index contributed by atoms with van der Waals surface area (Å²) in [4.78, 5) is 0. The molecule has 0 bridgehead atoms. The fraction of sp³-hybridized carbons (Fsp3) is 0. The van der Waals surface area contributed by atoms with Crippen molar-refractivity contribution < 1.29 is 4.42 Å².